The van der Waals surface area contributed by atoms with Crippen LogP contribution in [-0.2, 0) is 19.9 Å². The number of hydrogen-bond acceptors (Lipinski definition) is 6. The molecule has 118 valence electrons. The fraction of sp³-hybridized carbons (Fsp3) is 0.583. The normalized spacial score (nSPS) is 21.3. The number of pyridine rings is 1. The fourth-order valence-corrected chi connectivity index (χ4v) is 5.36. The highest BCUT2D eigenvalue weighted by Crippen LogP contribution is 2.21. The molecule has 1 aliphatic heterocycles. The van der Waals surface area contributed by atoms with Crippen molar-refractivity contribution in [2.75, 3.05) is 24.2 Å². The van der Waals surface area contributed by atoms with Crippen LogP contribution < -0.4 is 10.0 Å². The maximum absolute atomic E-state index is 12.3. The Bertz CT molecular complexity index is 701. The lowest BCUT2D eigenvalue weighted by atomic mass is 10.2. The number of aromatic nitrogens is 1. The van der Waals surface area contributed by atoms with Gasteiger partial charge in [-0.25, -0.2) is 26.5 Å². The van der Waals surface area contributed by atoms with Gasteiger partial charge in [-0.15, -0.1) is 0 Å². The van der Waals surface area contributed by atoms with Crippen molar-refractivity contribution in [3.63, 3.8) is 0 Å². The maximum atomic E-state index is 12.3. The third-order valence-corrected chi connectivity index (χ3v) is 7.10. The molecule has 1 fully saturated rings. The molecular weight excluding hydrogens is 314 g/mol. The van der Waals surface area contributed by atoms with Crippen molar-refractivity contribution in [2.24, 2.45) is 0 Å². The van der Waals surface area contributed by atoms with Crippen LogP contribution in [0.25, 0.3) is 0 Å². The van der Waals surface area contributed by atoms with E-state index < -0.39 is 25.1 Å². The van der Waals surface area contributed by atoms with Gasteiger partial charge in [0.15, 0.2) is 9.84 Å². The number of nitrogens with one attached hydrogen (secondary N) is 2. The van der Waals surface area contributed by atoms with Crippen molar-refractivity contribution in [3.05, 3.63) is 18.3 Å². The van der Waals surface area contributed by atoms with Gasteiger partial charge in [0.25, 0.3) is 0 Å². The standard InChI is InChI=1S/C12H19N3O4S2/c1-2-13-12-11(6-3-7-14-12)21(18,19)15-9-10-5-4-8-20(10,16)17/h3,6-7,10,15H,2,4-5,8-9H2,1H3,(H,13,14). The van der Waals surface area contributed by atoms with E-state index in [2.05, 4.69) is 15.0 Å². The molecule has 0 radical (unpaired) electrons. The number of rotatable bonds is 6. The van der Waals surface area contributed by atoms with E-state index in [0.29, 0.717) is 19.4 Å². The largest absolute Gasteiger partial charge is 0.369 e. The number of hydrogen-bond donors (Lipinski definition) is 2. The highest BCUT2D eigenvalue weighted by Gasteiger charge is 2.32. The van der Waals surface area contributed by atoms with E-state index >= 15 is 0 Å². The zero-order valence-electron chi connectivity index (χ0n) is 11.7. The Balaban J connectivity index is 2.16. The molecule has 2 heterocycles. The molecule has 1 saturated heterocycles. The van der Waals surface area contributed by atoms with Gasteiger partial charge in [-0.1, -0.05) is 0 Å². The van der Waals surface area contributed by atoms with Gasteiger partial charge in [0, 0.05) is 19.3 Å². The summed E-state index contributed by atoms with van der Waals surface area (Å²) in [4.78, 5) is 4.02. The summed E-state index contributed by atoms with van der Waals surface area (Å²) in [6, 6.07) is 2.97. The minimum Gasteiger partial charge on any atom is -0.369 e. The molecule has 1 aromatic heterocycles. The van der Waals surface area contributed by atoms with Crippen molar-refractivity contribution in [2.45, 2.75) is 29.9 Å². The van der Waals surface area contributed by atoms with Crippen LogP contribution in [0.5, 0.6) is 0 Å². The molecule has 0 aromatic carbocycles. The Morgan fingerprint density at radius 2 is 2.19 bits per heavy atom. The van der Waals surface area contributed by atoms with Crippen molar-refractivity contribution in [1.29, 1.82) is 0 Å². The Kier molecular flexibility index (Phi) is 4.84. The van der Waals surface area contributed by atoms with Crippen LogP contribution in [0, 0.1) is 0 Å². The lowest BCUT2D eigenvalue weighted by Gasteiger charge is -2.13. The highest BCUT2D eigenvalue weighted by molar-refractivity contribution is 7.92. The van der Waals surface area contributed by atoms with Gasteiger partial charge in [0.2, 0.25) is 10.0 Å². The predicted octanol–water partition coefficient (Wildman–Crippen LogP) is 0.369. The molecule has 2 N–H and O–H groups in total. The lowest BCUT2D eigenvalue weighted by molar-refractivity contribution is 0.571. The van der Waals surface area contributed by atoms with Gasteiger partial charge < -0.3 is 5.32 Å². The summed E-state index contributed by atoms with van der Waals surface area (Å²) < 4.78 is 50.5. The average Bonchev–Trinajstić information content (AvgIpc) is 2.76. The second kappa shape index (κ2) is 6.29. The molecule has 9 heteroatoms. The quantitative estimate of drug-likeness (QED) is 0.779. The predicted molar refractivity (Wildman–Crippen MR) is 80.4 cm³/mol. The van der Waals surface area contributed by atoms with Crippen molar-refractivity contribution in [1.82, 2.24) is 9.71 Å². The third kappa shape index (κ3) is 3.72. The van der Waals surface area contributed by atoms with E-state index in [0.717, 1.165) is 0 Å². The van der Waals surface area contributed by atoms with Gasteiger partial charge >= 0.3 is 0 Å². The molecule has 0 saturated carbocycles. The summed E-state index contributed by atoms with van der Waals surface area (Å²) in [5.41, 5.74) is 0. The monoisotopic (exact) mass is 333 g/mol. The maximum Gasteiger partial charge on any atom is 0.244 e. The summed E-state index contributed by atoms with van der Waals surface area (Å²) >= 11 is 0. The molecule has 0 spiro atoms. The molecule has 0 aliphatic carbocycles. The SMILES string of the molecule is CCNc1ncccc1S(=O)(=O)NCC1CCCS1(=O)=O. The Morgan fingerprint density at radius 1 is 1.43 bits per heavy atom. The van der Waals surface area contributed by atoms with Gasteiger partial charge in [0.05, 0.1) is 11.0 Å². The first-order chi connectivity index (χ1) is 9.87. The zero-order chi connectivity index (χ0) is 15.5. The van der Waals surface area contributed by atoms with E-state index in [9.17, 15) is 16.8 Å². The van der Waals surface area contributed by atoms with E-state index in [1.165, 1.54) is 18.3 Å². The zero-order valence-corrected chi connectivity index (χ0v) is 13.4. The van der Waals surface area contributed by atoms with E-state index in [4.69, 9.17) is 0 Å². The first kappa shape index (κ1) is 16.2. The van der Waals surface area contributed by atoms with E-state index in [1.807, 2.05) is 6.92 Å². The topological polar surface area (TPSA) is 105 Å². The highest BCUT2D eigenvalue weighted by atomic mass is 32.2. The van der Waals surface area contributed by atoms with Crippen LogP contribution in [0.15, 0.2) is 23.2 Å². The third-order valence-electron chi connectivity index (χ3n) is 3.37. The molecule has 1 aromatic rings. The molecule has 21 heavy (non-hydrogen) atoms. The average molecular weight is 333 g/mol. The van der Waals surface area contributed by atoms with E-state index in [-0.39, 0.29) is 23.0 Å². The molecule has 1 aliphatic rings. The molecule has 0 amide bonds. The second-order valence-corrected chi connectivity index (χ2v) is 9.00. The number of anilines is 1. The summed E-state index contributed by atoms with van der Waals surface area (Å²) in [6.07, 6.45) is 2.58. The smallest absolute Gasteiger partial charge is 0.244 e. The molecule has 1 atom stereocenters. The van der Waals surface area contributed by atoms with Crippen LogP contribution in [0.2, 0.25) is 0 Å². The Morgan fingerprint density at radius 3 is 2.81 bits per heavy atom. The molecule has 7 nitrogen and oxygen atoms in total. The van der Waals surface area contributed by atoms with Gasteiger partial charge in [0.1, 0.15) is 10.7 Å². The van der Waals surface area contributed by atoms with Crippen LogP contribution in [0.3, 0.4) is 0 Å². The van der Waals surface area contributed by atoms with Crippen molar-refractivity contribution >= 4 is 25.7 Å². The fourth-order valence-electron chi connectivity index (χ4n) is 2.28. The van der Waals surface area contributed by atoms with Gasteiger partial charge in [-0.2, -0.15) is 0 Å². The first-order valence-corrected chi connectivity index (χ1v) is 9.97. The first-order valence-electron chi connectivity index (χ1n) is 6.77. The van der Waals surface area contributed by atoms with E-state index in [1.54, 1.807) is 0 Å². The molecule has 2 rings (SSSR count). The van der Waals surface area contributed by atoms with Crippen molar-refractivity contribution < 1.29 is 16.8 Å². The summed E-state index contributed by atoms with van der Waals surface area (Å²) in [6.45, 7) is 2.28. The molecule has 1 unspecified atom stereocenters. The lowest BCUT2D eigenvalue weighted by Crippen LogP contribution is -2.35. The van der Waals surface area contributed by atoms with Crippen LogP contribution in [0.4, 0.5) is 5.82 Å². The Labute approximate surface area is 125 Å². The summed E-state index contributed by atoms with van der Waals surface area (Å²) in [5, 5.41) is 2.25. The summed E-state index contributed by atoms with van der Waals surface area (Å²) in [5.74, 6) is 0.399. The Hall–Kier alpha value is -1.19. The minimum absolute atomic E-state index is 0.0299. The van der Waals surface area contributed by atoms with Crippen LogP contribution in [0.1, 0.15) is 19.8 Å². The second-order valence-electron chi connectivity index (χ2n) is 4.86. The van der Waals surface area contributed by atoms with Crippen LogP contribution in [-0.4, -0.2) is 45.9 Å². The number of sulfone groups is 1. The number of sulfonamides is 1. The summed E-state index contributed by atoms with van der Waals surface area (Å²) in [7, 11) is -6.96. The molecule has 0 bridgehead atoms. The minimum atomic E-state index is -3.79. The van der Waals surface area contributed by atoms with Gasteiger partial charge in [-0.05, 0) is 31.9 Å². The van der Waals surface area contributed by atoms with Crippen LogP contribution >= 0.6 is 0 Å². The number of nitrogens with zero attached hydrogens (tertiary/aromatic N) is 1. The van der Waals surface area contributed by atoms with Crippen molar-refractivity contribution in [3.8, 4) is 0 Å². The van der Waals surface area contributed by atoms with Gasteiger partial charge in [-0.3, -0.25) is 0 Å². The molecular formula is C12H19N3O4S2.